The molecule has 0 atom stereocenters. The molecule has 28 heavy (non-hydrogen) atoms. The van der Waals surface area contributed by atoms with E-state index in [0.717, 1.165) is 11.3 Å². The summed E-state index contributed by atoms with van der Waals surface area (Å²) in [6.45, 7) is 2.25. The van der Waals surface area contributed by atoms with Crippen LogP contribution in [0, 0.1) is 6.92 Å². The maximum atomic E-state index is 12.3. The van der Waals surface area contributed by atoms with Gasteiger partial charge in [-0.3, -0.25) is 9.59 Å². The number of hydrogen-bond acceptors (Lipinski definition) is 7. The zero-order valence-electron chi connectivity index (χ0n) is 15.5. The fourth-order valence-corrected chi connectivity index (χ4v) is 3.14. The average Bonchev–Trinajstić information content (AvgIpc) is 3.37. The first-order valence-electron chi connectivity index (χ1n) is 8.54. The van der Waals surface area contributed by atoms with Gasteiger partial charge in [-0.1, -0.05) is 29.5 Å². The molecule has 0 aliphatic carbocycles. The highest BCUT2D eigenvalue weighted by Crippen LogP contribution is 2.18. The number of rotatable bonds is 8. The number of nitrogens with one attached hydrogen (secondary N) is 1. The molecular weight excluding hydrogens is 380 g/mol. The van der Waals surface area contributed by atoms with E-state index in [1.54, 1.807) is 30.1 Å². The van der Waals surface area contributed by atoms with Gasteiger partial charge in [0, 0.05) is 7.05 Å². The van der Waals surface area contributed by atoms with Crippen molar-refractivity contribution in [3.05, 3.63) is 54.0 Å². The Balaban J connectivity index is 1.49. The quantitative estimate of drug-likeness (QED) is 0.570. The maximum Gasteiger partial charge on any atom is 0.239 e. The van der Waals surface area contributed by atoms with Crippen LogP contribution in [0.25, 0.3) is 5.69 Å². The standard InChI is InChI=1S/C18H20N6O3S/c1-13-5-7-14(8-6-13)24-18(20-21-22-24)28-12-17(26)23(2)11-16(25)19-10-15-4-3-9-27-15/h3-9H,10-12H2,1-2H3,(H,19,25). The molecule has 1 aromatic carbocycles. The van der Waals surface area contributed by atoms with Crippen molar-refractivity contribution in [3.8, 4) is 5.69 Å². The van der Waals surface area contributed by atoms with Gasteiger partial charge in [0.25, 0.3) is 0 Å². The number of furan rings is 1. The van der Waals surface area contributed by atoms with Crippen LogP contribution in [0.2, 0.25) is 0 Å². The second-order valence-electron chi connectivity index (χ2n) is 6.10. The van der Waals surface area contributed by atoms with Crippen LogP contribution in [0.5, 0.6) is 0 Å². The number of likely N-dealkylation sites (N-methyl/N-ethyl adjacent to an activating group) is 1. The normalized spacial score (nSPS) is 10.6. The highest BCUT2D eigenvalue weighted by Gasteiger charge is 2.16. The maximum absolute atomic E-state index is 12.3. The lowest BCUT2D eigenvalue weighted by Crippen LogP contribution is -2.38. The molecule has 2 amide bonds. The van der Waals surface area contributed by atoms with E-state index in [-0.39, 0.29) is 30.7 Å². The van der Waals surface area contributed by atoms with Crippen molar-refractivity contribution >= 4 is 23.6 Å². The van der Waals surface area contributed by atoms with Crippen LogP contribution in [0.1, 0.15) is 11.3 Å². The fraction of sp³-hybridized carbons (Fsp3) is 0.278. The van der Waals surface area contributed by atoms with Crippen molar-refractivity contribution in [2.24, 2.45) is 0 Å². The third-order valence-corrected chi connectivity index (χ3v) is 4.79. The zero-order chi connectivity index (χ0) is 19.9. The summed E-state index contributed by atoms with van der Waals surface area (Å²) in [6, 6.07) is 11.3. The Morgan fingerprint density at radius 1 is 1.25 bits per heavy atom. The largest absolute Gasteiger partial charge is 0.467 e. The molecule has 0 aliphatic rings. The first-order chi connectivity index (χ1) is 13.5. The molecule has 0 fully saturated rings. The van der Waals surface area contributed by atoms with E-state index in [9.17, 15) is 9.59 Å². The Labute approximate surface area is 166 Å². The third-order valence-electron chi connectivity index (χ3n) is 3.89. The Bertz CT molecular complexity index is 923. The van der Waals surface area contributed by atoms with E-state index in [4.69, 9.17) is 4.42 Å². The number of hydrogen-bond donors (Lipinski definition) is 1. The molecule has 0 radical (unpaired) electrons. The lowest BCUT2D eigenvalue weighted by molar-refractivity contribution is -0.132. The van der Waals surface area contributed by atoms with Crippen LogP contribution in [0.4, 0.5) is 0 Å². The summed E-state index contributed by atoms with van der Waals surface area (Å²) in [4.78, 5) is 25.7. The van der Waals surface area contributed by atoms with E-state index >= 15 is 0 Å². The lowest BCUT2D eigenvalue weighted by atomic mass is 10.2. The van der Waals surface area contributed by atoms with Gasteiger partial charge < -0.3 is 14.6 Å². The summed E-state index contributed by atoms with van der Waals surface area (Å²) in [7, 11) is 1.58. The van der Waals surface area contributed by atoms with Crippen LogP contribution in [0.3, 0.4) is 0 Å². The molecule has 0 saturated heterocycles. The van der Waals surface area contributed by atoms with Gasteiger partial charge >= 0.3 is 0 Å². The Kier molecular flexibility index (Phi) is 6.43. The molecule has 0 bridgehead atoms. The van der Waals surface area contributed by atoms with Crippen LogP contribution in [-0.2, 0) is 16.1 Å². The summed E-state index contributed by atoms with van der Waals surface area (Å²) in [5.74, 6) is 0.313. The predicted molar refractivity (Wildman–Crippen MR) is 103 cm³/mol. The molecule has 9 nitrogen and oxygen atoms in total. The summed E-state index contributed by atoms with van der Waals surface area (Å²) in [6.07, 6.45) is 1.54. The first-order valence-corrected chi connectivity index (χ1v) is 9.53. The van der Waals surface area contributed by atoms with Crippen LogP contribution in [0.15, 0.2) is 52.2 Å². The van der Waals surface area contributed by atoms with E-state index in [2.05, 4.69) is 20.8 Å². The number of aryl methyl sites for hydroxylation is 1. The molecule has 0 aliphatic heterocycles. The predicted octanol–water partition coefficient (Wildman–Crippen LogP) is 1.43. The molecule has 2 heterocycles. The van der Waals surface area contributed by atoms with Crippen molar-refractivity contribution < 1.29 is 14.0 Å². The molecule has 0 saturated carbocycles. The highest BCUT2D eigenvalue weighted by molar-refractivity contribution is 7.99. The number of tetrazole rings is 1. The molecule has 3 aromatic rings. The SMILES string of the molecule is Cc1ccc(-n2nnnc2SCC(=O)N(C)CC(=O)NCc2ccco2)cc1. The van der Waals surface area contributed by atoms with Gasteiger partial charge in [-0.05, 0) is 41.6 Å². The summed E-state index contributed by atoms with van der Waals surface area (Å²) < 4.78 is 6.73. The number of thioether (sulfide) groups is 1. The number of amides is 2. The molecule has 1 N–H and O–H groups in total. The summed E-state index contributed by atoms with van der Waals surface area (Å²) in [5, 5.41) is 14.8. The van der Waals surface area contributed by atoms with E-state index in [0.29, 0.717) is 10.9 Å². The van der Waals surface area contributed by atoms with Crippen molar-refractivity contribution in [2.45, 2.75) is 18.6 Å². The van der Waals surface area contributed by atoms with E-state index in [1.807, 2.05) is 31.2 Å². The highest BCUT2D eigenvalue weighted by atomic mass is 32.2. The van der Waals surface area contributed by atoms with E-state index in [1.165, 1.54) is 16.7 Å². The number of benzene rings is 1. The number of nitrogens with zero attached hydrogens (tertiary/aromatic N) is 5. The van der Waals surface area contributed by atoms with Crippen LogP contribution in [-0.4, -0.2) is 56.3 Å². The monoisotopic (exact) mass is 400 g/mol. The second kappa shape index (κ2) is 9.18. The van der Waals surface area contributed by atoms with Gasteiger partial charge in [0.2, 0.25) is 17.0 Å². The number of carbonyl (C=O) groups is 2. The van der Waals surface area contributed by atoms with Crippen molar-refractivity contribution in [2.75, 3.05) is 19.3 Å². The number of aromatic nitrogens is 4. The van der Waals surface area contributed by atoms with Crippen molar-refractivity contribution in [1.82, 2.24) is 30.4 Å². The summed E-state index contributed by atoms with van der Waals surface area (Å²) >= 11 is 1.22. The molecule has 146 valence electrons. The van der Waals surface area contributed by atoms with Gasteiger partial charge in [0.1, 0.15) is 5.76 Å². The molecule has 3 rings (SSSR count). The fourth-order valence-electron chi connectivity index (χ4n) is 2.31. The smallest absolute Gasteiger partial charge is 0.239 e. The molecular formula is C18H20N6O3S. The topological polar surface area (TPSA) is 106 Å². The minimum atomic E-state index is -0.262. The second-order valence-corrected chi connectivity index (χ2v) is 7.05. The Morgan fingerprint density at radius 3 is 2.75 bits per heavy atom. The van der Waals surface area contributed by atoms with Crippen molar-refractivity contribution in [3.63, 3.8) is 0 Å². The molecule has 10 heteroatoms. The van der Waals surface area contributed by atoms with Crippen LogP contribution < -0.4 is 5.32 Å². The molecule has 0 unspecified atom stereocenters. The lowest BCUT2D eigenvalue weighted by Gasteiger charge is -2.16. The molecule has 2 aromatic heterocycles. The van der Waals surface area contributed by atoms with Gasteiger partial charge in [-0.25, -0.2) is 0 Å². The molecule has 0 spiro atoms. The average molecular weight is 400 g/mol. The Morgan fingerprint density at radius 2 is 2.04 bits per heavy atom. The van der Waals surface area contributed by atoms with Crippen molar-refractivity contribution in [1.29, 1.82) is 0 Å². The first kappa shape index (κ1) is 19.6. The van der Waals surface area contributed by atoms with Crippen LogP contribution >= 0.6 is 11.8 Å². The number of carbonyl (C=O) groups excluding carboxylic acids is 2. The zero-order valence-corrected chi connectivity index (χ0v) is 16.3. The minimum Gasteiger partial charge on any atom is -0.467 e. The third kappa shape index (κ3) is 5.19. The van der Waals surface area contributed by atoms with Gasteiger partial charge in [0.15, 0.2) is 0 Å². The van der Waals surface area contributed by atoms with Gasteiger partial charge in [-0.15, -0.1) is 5.10 Å². The Hall–Kier alpha value is -3.14. The van der Waals surface area contributed by atoms with E-state index < -0.39 is 0 Å². The minimum absolute atomic E-state index is 0.0387. The van der Waals surface area contributed by atoms with Gasteiger partial charge in [0.05, 0.1) is 30.8 Å². The van der Waals surface area contributed by atoms with Gasteiger partial charge in [-0.2, -0.15) is 4.68 Å². The summed E-state index contributed by atoms with van der Waals surface area (Å²) in [5.41, 5.74) is 1.95.